The van der Waals surface area contributed by atoms with Crippen molar-refractivity contribution < 1.29 is 14.3 Å². The van der Waals surface area contributed by atoms with Gasteiger partial charge in [0.15, 0.2) is 0 Å². The Labute approximate surface area is 157 Å². The molecule has 6 nitrogen and oxygen atoms in total. The average Bonchev–Trinajstić information content (AvgIpc) is 3.18. The zero-order chi connectivity index (χ0) is 18.8. The van der Waals surface area contributed by atoms with E-state index in [4.69, 9.17) is 0 Å². The van der Waals surface area contributed by atoms with Crippen LogP contribution < -0.4 is 5.32 Å². The number of nitrogens with one attached hydrogen (secondary N) is 1. The van der Waals surface area contributed by atoms with Crippen molar-refractivity contribution in [3.8, 4) is 0 Å². The molecule has 0 unspecified atom stereocenters. The highest BCUT2D eigenvalue weighted by atomic mass is 16.5. The third kappa shape index (κ3) is 1.43. The van der Waals surface area contributed by atoms with Crippen molar-refractivity contribution in [3.05, 3.63) is 41.1 Å². The fraction of sp³-hybridized carbons (Fsp3) is 0.476. The largest absolute Gasteiger partial charge is 0.618 e. The molecular formula is C21H21N3O3. The molecule has 27 heavy (non-hydrogen) atoms. The van der Waals surface area contributed by atoms with Gasteiger partial charge in [0.25, 0.3) is 5.91 Å². The first-order valence-corrected chi connectivity index (χ1v) is 9.65. The van der Waals surface area contributed by atoms with Crippen molar-refractivity contribution >= 4 is 28.8 Å². The summed E-state index contributed by atoms with van der Waals surface area (Å²) in [7, 11) is 0. The molecule has 6 heteroatoms. The van der Waals surface area contributed by atoms with Gasteiger partial charge in [-0.1, -0.05) is 12.1 Å². The van der Waals surface area contributed by atoms with Gasteiger partial charge in [0.2, 0.25) is 17.3 Å². The Morgan fingerprint density at radius 2 is 2.04 bits per heavy atom. The van der Waals surface area contributed by atoms with Gasteiger partial charge in [-0.25, -0.2) is 0 Å². The van der Waals surface area contributed by atoms with Gasteiger partial charge in [0.1, 0.15) is 11.1 Å². The lowest BCUT2D eigenvalue weighted by molar-refractivity contribution is -0.362. The summed E-state index contributed by atoms with van der Waals surface area (Å²) in [6, 6.07) is 7.50. The number of piperazine rings is 1. The number of carbonyl (C=O) groups is 2. The van der Waals surface area contributed by atoms with Crippen LogP contribution in [0.25, 0.3) is 5.57 Å². The highest BCUT2D eigenvalue weighted by Gasteiger charge is 2.73. The third-order valence-corrected chi connectivity index (χ3v) is 7.65. The van der Waals surface area contributed by atoms with Crippen LogP contribution in [-0.2, 0) is 9.59 Å². The summed E-state index contributed by atoms with van der Waals surface area (Å²) in [5.74, 6) is -0.163. The summed E-state index contributed by atoms with van der Waals surface area (Å²) in [6.07, 6.45) is 4.07. The van der Waals surface area contributed by atoms with Crippen molar-refractivity contribution in [2.75, 3.05) is 6.54 Å². The molecule has 3 atom stereocenters. The summed E-state index contributed by atoms with van der Waals surface area (Å²) in [5.41, 5.74) is 0.660. The topological polar surface area (TPSA) is 75.5 Å². The number of benzene rings is 1. The molecule has 7 rings (SSSR count). The first-order chi connectivity index (χ1) is 12.8. The smallest absolute Gasteiger partial charge is 0.253 e. The van der Waals surface area contributed by atoms with Gasteiger partial charge in [-0.2, -0.15) is 4.74 Å². The molecule has 0 saturated carbocycles. The van der Waals surface area contributed by atoms with Gasteiger partial charge < -0.3 is 15.4 Å². The Hall–Kier alpha value is -2.63. The van der Waals surface area contributed by atoms with Crippen LogP contribution in [0, 0.1) is 16.5 Å². The number of allylic oxidation sites excluding steroid dienone is 1. The summed E-state index contributed by atoms with van der Waals surface area (Å²) in [6.45, 7) is 4.74. The molecule has 2 spiro atoms. The fourth-order valence-electron chi connectivity index (χ4n) is 6.44. The number of fused-ring (bicyclic) bond motifs is 4. The van der Waals surface area contributed by atoms with E-state index < -0.39 is 16.5 Å². The second-order valence-electron chi connectivity index (χ2n) is 9.11. The van der Waals surface area contributed by atoms with Crippen LogP contribution in [0.15, 0.2) is 30.3 Å². The second kappa shape index (κ2) is 4.26. The molecule has 1 N–H and O–H groups in total. The quantitative estimate of drug-likeness (QED) is 0.565. The van der Waals surface area contributed by atoms with Crippen LogP contribution in [0.2, 0.25) is 0 Å². The molecule has 2 amide bonds. The summed E-state index contributed by atoms with van der Waals surface area (Å²) in [4.78, 5) is 28.5. The second-order valence-corrected chi connectivity index (χ2v) is 9.11. The van der Waals surface area contributed by atoms with E-state index in [0.29, 0.717) is 25.1 Å². The SMILES string of the molecule is CC1(C)C2=[N+]([O-])c3ccccc3C2=C[C@@]23NC(=O)[C@]4(CCCN4C2=O)C[C@H]13. The van der Waals surface area contributed by atoms with Crippen LogP contribution in [0.1, 0.15) is 38.7 Å². The van der Waals surface area contributed by atoms with E-state index in [0.717, 1.165) is 28.0 Å². The minimum atomic E-state index is -1.05. The van der Waals surface area contributed by atoms with E-state index in [1.165, 1.54) is 0 Å². The molecule has 1 aromatic carbocycles. The predicted octanol–water partition coefficient (Wildman–Crippen LogP) is 1.96. The van der Waals surface area contributed by atoms with E-state index in [-0.39, 0.29) is 17.7 Å². The Kier molecular flexibility index (Phi) is 2.44. The average molecular weight is 363 g/mol. The summed E-state index contributed by atoms with van der Waals surface area (Å²) in [5, 5.41) is 16.3. The van der Waals surface area contributed by atoms with E-state index in [9.17, 15) is 14.8 Å². The Bertz CT molecular complexity index is 1020. The normalized spacial score (nSPS) is 37.5. The minimum absolute atomic E-state index is 0.00250. The number of para-hydroxylation sites is 1. The van der Waals surface area contributed by atoms with Gasteiger partial charge in [0, 0.05) is 18.5 Å². The molecule has 138 valence electrons. The predicted molar refractivity (Wildman–Crippen MR) is 99.2 cm³/mol. The van der Waals surface area contributed by atoms with Gasteiger partial charge in [-0.15, -0.1) is 0 Å². The van der Waals surface area contributed by atoms with Gasteiger partial charge in [-0.3, -0.25) is 9.59 Å². The standard InChI is InChI=1S/C21H21N3O3/c1-19(2)15-11-20-8-5-9-23(20)18(26)21(15,22-17(20)25)10-13-12-6-3-4-7-14(12)24(27)16(13)19/h3-4,6-7,10,15H,5,8-9,11H2,1-2H3,(H,22,25)/t15-,20+,21+/m1/s1. The molecule has 6 aliphatic rings. The molecule has 1 aromatic rings. The van der Waals surface area contributed by atoms with Crippen LogP contribution in [0.5, 0.6) is 0 Å². The molecule has 0 radical (unpaired) electrons. The first kappa shape index (κ1) is 15.4. The minimum Gasteiger partial charge on any atom is -0.618 e. The van der Waals surface area contributed by atoms with E-state index in [1.807, 2.05) is 35.2 Å². The molecule has 1 aliphatic carbocycles. The van der Waals surface area contributed by atoms with Gasteiger partial charge in [0.05, 0.1) is 16.6 Å². The molecule has 5 aliphatic heterocycles. The maximum atomic E-state index is 13.6. The van der Waals surface area contributed by atoms with Crippen molar-refractivity contribution in [2.45, 2.75) is 44.2 Å². The van der Waals surface area contributed by atoms with E-state index in [1.54, 1.807) is 0 Å². The maximum Gasteiger partial charge on any atom is 0.253 e. The highest BCUT2D eigenvalue weighted by Crippen LogP contribution is 2.60. The van der Waals surface area contributed by atoms with Gasteiger partial charge >= 0.3 is 0 Å². The molecule has 0 aromatic heterocycles. The monoisotopic (exact) mass is 363 g/mol. The number of hydrogen-bond donors (Lipinski definition) is 1. The van der Waals surface area contributed by atoms with E-state index >= 15 is 0 Å². The zero-order valence-corrected chi connectivity index (χ0v) is 15.4. The molecular weight excluding hydrogens is 342 g/mol. The van der Waals surface area contributed by atoms with Crippen LogP contribution in [-0.4, -0.2) is 44.8 Å². The molecule has 5 heterocycles. The number of carbonyl (C=O) groups excluding carboxylic acids is 2. The van der Waals surface area contributed by atoms with Crippen LogP contribution in [0.3, 0.4) is 0 Å². The first-order valence-electron chi connectivity index (χ1n) is 9.65. The number of amides is 2. The zero-order valence-electron chi connectivity index (χ0n) is 15.4. The summed E-state index contributed by atoms with van der Waals surface area (Å²) >= 11 is 0. The van der Waals surface area contributed by atoms with Crippen LogP contribution >= 0.6 is 0 Å². The van der Waals surface area contributed by atoms with Crippen molar-refractivity contribution in [1.29, 1.82) is 0 Å². The van der Waals surface area contributed by atoms with Crippen LogP contribution in [0.4, 0.5) is 5.69 Å². The fourth-order valence-corrected chi connectivity index (χ4v) is 6.44. The van der Waals surface area contributed by atoms with Crippen molar-refractivity contribution in [1.82, 2.24) is 10.2 Å². The van der Waals surface area contributed by atoms with Gasteiger partial charge in [-0.05, 0) is 45.3 Å². The number of rotatable bonds is 0. The Morgan fingerprint density at radius 1 is 1.26 bits per heavy atom. The highest BCUT2D eigenvalue weighted by molar-refractivity contribution is 6.30. The summed E-state index contributed by atoms with van der Waals surface area (Å²) < 4.78 is 1.03. The number of piperidine rings is 2. The number of hydrogen-bond acceptors (Lipinski definition) is 3. The molecule has 4 fully saturated rings. The van der Waals surface area contributed by atoms with Crippen molar-refractivity contribution in [2.24, 2.45) is 11.3 Å². The lowest BCUT2D eigenvalue weighted by atomic mass is 9.51. The van der Waals surface area contributed by atoms with E-state index in [2.05, 4.69) is 19.2 Å². The lowest BCUT2D eigenvalue weighted by Gasteiger charge is -2.62. The Balaban J connectivity index is 1.67. The molecule has 2 bridgehead atoms. The lowest BCUT2D eigenvalue weighted by Crippen LogP contribution is -2.83. The van der Waals surface area contributed by atoms with Crippen molar-refractivity contribution in [3.63, 3.8) is 0 Å². The molecule has 4 saturated heterocycles. The maximum absolute atomic E-state index is 13.6. The Morgan fingerprint density at radius 3 is 2.85 bits per heavy atom. The third-order valence-electron chi connectivity index (χ3n) is 7.65. The number of nitrogens with zero attached hydrogens (tertiary/aromatic N) is 2.